The lowest BCUT2D eigenvalue weighted by atomic mass is 10.3. The van der Waals surface area contributed by atoms with Gasteiger partial charge in [-0.3, -0.25) is 0 Å². The Morgan fingerprint density at radius 3 is 0.893 bits per heavy atom. The van der Waals surface area contributed by atoms with Gasteiger partial charge >= 0.3 is 28.4 Å². The van der Waals surface area contributed by atoms with Crippen molar-refractivity contribution in [3.8, 4) is 0 Å². The Balaban J connectivity index is 7.45. The molecule has 0 radical (unpaired) electrons. The normalized spacial score (nSPS) is 16.5. The predicted molar refractivity (Wildman–Crippen MR) is 58.6 cm³/mol. The highest BCUT2D eigenvalue weighted by molar-refractivity contribution is 8.25. The highest BCUT2D eigenvalue weighted by Crippen LogP contribution is 2.52. The van der Waals surface area contributed by atoms with Crippen LogP contribution in [-0.2, 0) is 29.5 Å². The maximum Gasteiger partial charge on any atom is 0.499 e. The molecule has 0 aliphatic carbocycles. The van der Waals surface area contributed by atoms with Crippen molar-refractivity contribution in [3.63, 3.8) is 0 Å². The molecule has 0 aromatic heterocycles. The van der Waals surface area contributed by atoms with Gasteiger partial charge in [0.05, 0.1) is 0 Å². The minimum atomic E-state index is -8.94. The van der Waals surface area contributed by atoms with E-state index in [0.717, 1.165) is 0 Å². The first-order valence-electron chi connectivity index (χ1n) is 5.28. The molecule has 0 saturated carbocycles. The third-order valence-corrected chi connectivity index (χ3v) is 10.8. The summed E-state index contributed by atoms with van der Waals surface area (Å²) in [5.74, 6) is -8.00. The van der Waals surface area contributed by atoms with E-state index in [-0.39, 0.29) is 0 Å². The molecule has 0 aliphatic heterocycles. The van der Waals surface area contributed by atoms with E-state index in [1.165, 1.54) is 0 Å². The molecular weight excluding hydrogens is 511 g/mol. The minimum absolute atomic E-state index is 6.52. The molecule has 0 atom stereocenters. The molecule has 28 heavy (non-hydrogen) atoms. The van der Waals surface area contributed by atoms with E-state index in [2.05, 4.69) is 0 Å². The molecule has 170 valence electrons. The Bertz CT molecular complexity index is 873. The first kappa shape index (κ1) is 26.9. The summed E-state index contributed by atoms with van der Waals surface area (Å²) < 4.78 is 221. The van der Waals surface area contributed by atoms with E-state index in [1.807, 2.05) is 0 Å². The van der Waals surface area contributed by atoms with Gasteiger partial charge in [0.2, 0.25) is 0 Å². The van der Waals surface area contributed by atoms with Gasteiger partial charge in [0, 0.05) is 0 Å². The molecule has 0 saturated heterocycles. The Hall–Kier alpha value is -1.06. The Morgan fingerprint density at radius 2 is 0.714 bits per heavy atom. The number of alkyl halides is 13. The highest BCUT2D eigenvalue weighted by atomic mass is 32.3. The highest BCUT2D eigenvalue weighted by Gasteiger charge is 2.83. The minimum Gasteiger partial charge on any atom is -0.220 e. The van der Waals surface area contributed by atoms with Gasteiger partial charge in [0.25, 0.3) is 33.4 Å². The van der Waals surface area contributed by atoms with Crippen LogP contribution in [0.2, 0.25) is 0 Å². The molecule has 0 bridgehead atoms. The molecule has 6 nitrogen and oxygen atoms in total. The molecule has 0 unspecified atom stereocenters. The first-order valence-corrected chi connectivity index (χ1v) is 9.92. The van der Waals surface area contributed by atoms with Crippen molar-refractivity contribution in [2.45, 2.75) is 32.3 Å². The van der Waals surface area contributed by atoms with Crippen LogP contribution in [0.4, 0.5) is 57.1 Å². The van der Waals surface area contributed by atoms with Crippen LogP contribution in [0.1, 0.15) is 0 Å². The van der Waals surface area contributed by atoms with Crippen LogP contribution in [0.15, 0.2) is 0 Å². The predicted octanol–water partition coefficient (Wildman–Crippen LogP) is 2.34. The van der Waals surface area contributed by atoms with Crippen LogP contribution in [0.3, 0.4) is 0 Å². The summed E-state index contributed by atoms with van der Waals surface area (Å²) in [4.78, 5) is 0. The summed E-state index contributed by atoms with van der Waals surface area (Å²) in [6.45, 7) is 0. The standard InChI is InChI=1S/C6HF13O6S3/c7-2(8,3(9,10)11)4(12,13)26(20,21)1(27(22,23)5(14,15)16)28(24,25)6(17,18)19/h1H. The van der Waals surface area contributed by atoms with Gasteiger partial charge in [-0.15, -0.1) is 0 Å². The molecule has 0 spiro atoms. The molecule has 0 aliphatic rings. The maximum atomic E-state index is 13.2. The van der Waals surface area contributed by atoms with Crippen molar-refractivity contribution in [2.24, 2.45) is 0 Å². The lowest BCUT2D eigenvalue weighted by molar-refractivity contribution is -0.332. The molecule has 0 amide bonds. The van der Waals surface area contributed by atoms with Crippen molar-refractivity contribution in [2.75, 3.05) is 0 Å². The third-order valence-electron chi connectivity index (χ3n) is 2.48. The second kappa shape index (κ2) is 6.47. The summed E-state index contributed by atoms with van der Waals surface area (Å²) >= 11 is 0. The Kier molecular flexibility index (Phi) is 6.22. The zero-order valence-electron chi connectivity index (χ0n) is 11.7. The van der Waals surface area contributed by atoms with Crippen LogP contribution in [-0.4, -0.2) is 57.5 Å². The van der Waals surface area contributed by atoms with Crippen molar-refractivity contribution >= 4 is 29.5 Å². The van der Waals surface area contributed by atoms with Crippen LogP contribution < -0.4 is 0 Å². The number of sulfone groups is 3. The lowest BCUT2D eigenvalue weighted by Crippen LogP contribution is -2.62. The second-order valence-corrected chi connectivity index (χ2v) is 11.4. The van der Waals surface area contributed by atoms with Crippen molar-refractivity contribution in [1.29, 1.82) is 0 Å². The van der Waals surface area contributed by atoms with E-state index in [4.69, 9.17) is 0 Å². The number of rotatable bonds is 5. The van der Waals surface area contributed by atoms with Crippen molar-refractivity contribution in [3.05, 3.63) is 0 Å². The Morgan fingerprint density at radius 1 is 0.464 bits per heavy atom. The fourth-order valence-corrected chi connectivity index (χ4v) is 8.37. The van der Waals surface area contributed by atoms with Crippen molar-refractivity contribution in [1.82, 2.24) is 0 Å². The van der Waals surface area contributed by atoms with Crippen LogP contribution >= 0.6 is 0 Å². The van der Waals surface area contributed by atoms with E-state index >= 15 is 0 Å². The third kappa shape index (κ3) is 3.73. The molecule has 0 N–H and O–H groups in total. The summed E-state index contributed by atoms with van der Waals surface area (Å²) in [6, 6.07) is 0. The Labute approximate surface area is 145 Å². The number of hydrogen-bond acceptors (Lipinski definition) is 6. The quantitative estimate of drug-likeness (QED) is 0.525. The fourth-order valence-electron chi connectivity index (χ4n) is 1.18. The monoisotopic (exact) mass is 512 g/mol. The SMILES string of the molecule is O=S(=O)(C(S(=O)(=O)C(F)(F)F)S(=O)(=O)C(F)(F)C(F)(F)C(F)(F)F)C(F)(F)F. The molecular formula is C6HF13O6S3. The summed E-state index contributed by atoms with van der Waals surface area (Å²) in [7, 11) is -25.9. The van der Waals surface area contributed by atoms with E-state index < -0.39 is 61.8 Å². The topological polar surface area (TPSA) is 102 Å². The summed E-state index contributed by atoms with van der Waals surface area (Å²) in [5, 5.41) is -8.10. The van der Waals surface area contributed by atoms with Gasteiger partial charge in [-0.1, -0.05) is 0 Å². The van der Waals surface area contributed by atoms with E-state index in [0.29, 0.717) is 0 Å². The van der Waals surface area contributed by atoms with Gasteiger partial charge in [0.1, 0.15) is 0 Å². The largest absolute Gasteiger partial charge is 0.499 e. The molecule has 0 aromatic rings. The average molecular weight is 512 g/mol. The van der Waals surface area contributed by atoms with E-state index in [9.17, 15) is 82.3 Å². The molecule has 22 heteroatoms. The van der Waals surface area contributed by atoms with Crippen LogP contribution in [0.5, 0.6) is 0 Å². The van der Waals surface area contributed by atoms with Gasteiger partial charge < -0.3 is 0 Å². The maximum absolute atomic E-state index is 13.2. The smallest absolute Gasteiger partial charge is 0.220 e. The zero-order valence-corrected chi connectivity index (χ0v) is 14.1. The van der Waals surface area contributed by atoms with Gasteiger partial charge in [-0.05, 0) is 0 Å². The molecule has 0 aromatic carbocycles. The average Bonchev–Trinajstić information content (AvgIpc) is 2.32. The summed E-state index contributed by atoms with van der Waals surface area (Å²) in [6.07, 6.45) is -7.68. The van der Waals surface area contributed by atoms with Gasteiger partial charge in [-0.25, -0.2) is 25.3 Å². The fraction of sp³-hybridized carbons (Fsp3) is 1.00. The van der Waals surface area contributed by atoms with E-state index in [1.54, 1.807) is 0 Å². The molecule has 0 heterocycles. The van der Waals surface area contributed by atoms with Gasteiger partial charge in [-0.2, -0.15) is 57.1 Å². The number of halogens is 13. The number of hydrogen-bond donors (Lipinski definition) is 0. The van der Waals surface area contributed by atoms with Crippen LogP contribution in [0.25, 0.3) is 0 Å². The molecule has 0 fully saturated rings. The van der Waals surface area contributed by atoms with Gasteiger partial charge in [0.15, 0.2) is 0 Å². The second-order valence-electron chi connectivity index (χ2n) is 4.40. The molecule has 0 rings (SSSR count). The first-order chi connectivity index (χ1) is 11.6. The van der Waals surface area contributed by atoms with Crippen LogP contribution in [0, 0.1) is 0 Å². The summed E-state index contributed by atoms with van der Waals surface area (Å²) in [5.41, 5.74) is -14.8. The lowest BCUT2D eigenvalue weighted by Gasteiger charge is -2.30. The zero-order chi connectivity index (χ0) is 23.6. The van der Waals surface area contributed by atoms with Crippen molar-refractivity contribution < 1.29 is 82.3 Å².